The monoisotopic (exact) mass is 411 g/mol. The van der Waals surface area contributed by atoms with Gasteiger partial charge in [-0.15, -0.1) is 0 Å². The number of fused-ring (bicyclic) bond motifs is 2. The quantitative estimate of drug-likeness (QED) is 0.614. The van der Waals surface area contributed by atoms with Gasteiger partial charge in [-0.1, -0.05) is 18.2 Å². The maximum Gasteiger partial charge on any atom is 0.261 e. The number of aryl methyl sites for hydroxylation is 1. The van der Waals surface area contributed by atoms with E-state index in [4.69, 9.17) is 0 Å². The molecule has 31 heavy (non-hydrogen) atoms. The molecule has 3 heterocycles. The molecule has 2 aromatic carbocycles. The number of benzene rings is 2. The number of carbonyl (C=O) groups excluding carboxylic acids is 3. The van der Waals surface area contributed by atoms with Crippen molar-refractivity contribution in [2.75, 3.05) is 4.90 Å². The Hall–Kier alpha value is -3.80. The third-order valence-electron chi connectivity index (χ3n) is 6.05. The highest BCUT2D eigenvalue weighted by molar-refractivity contribution is 6.22. The van der Waals surface area contributed by atoms with Gasteiger partial charge in [0.2, 0.25) is 0 Å². The molecule has 3 aromatic rings. The fourth-order valence-corrected chi connectivity index (χ4v) is 4.37. The van der Waals surface area contributed by atoms with Gasteiger partial charge in [-0.25, -0.2) is 0 Å². The molecule has 154 valence electrons. The van der Waals surface area contributed by atoms with E-state index in [1.54, 1.807) is 47.6 Å². The molecule has 0 saturated heterocycles. The van der Waals surface area contributed by atoms with Crippen LogP contribution in [0.25, 0.3) is 0 Å². The summed E-state index contributed by atoms with van der Waals surface area (Å²) in [4.78, 5) is 46.2. The Bertz CT molecular complexity index is 1210. The molecule has 1 aromatic heterocycles. The lowest BCUT2D eigenvalue weighted by molar-refractivity contribution is 0.0642. The minimum atomic E-state index is -0.376. The molecule has 0 unspecified atom stereocenters. The van der Waals surface area contributed by atoms with Gasteiger partial charge in [0.25, 0.3) is 17.7 Å². The number of hydrogen-bond acceptors (Lipinski definition) is 4. The maximum absolute atomic E-state index is 13.4. The Morgan fingerprint density at radius 3 is 2.55 bits per heavy atom. The van der Waals surface area contributed by atoms with E-state index in [1.807, 2.05) is 31.2 Å². The van der Waals surface area contributed by atoms with Gasteiger partial charge in [-0.05, 0) is 67.3 Å². The van der Waals surface area contributed by atoms with Crippen molar-refractivity contribution in [2.24, 2.45) is 0 Å². The number of rotatable bonds is 3. The second kappa shape index (κ2) is 7.47. The van der Waals surface area contributed by atoms with Crippen LogP contribution in [0.4, 0.5) is 5.69 Å². The van der Waals surface area contributed by atoms with Crippen LogP contribution in [0.1, 0.15) is 55.5 Å². The van der Waals surface area contributed by atoms with Crippen LogP contribution in [0.15, 0.2) is 67.0 Å². The molecular formula is C25H21N3O3. The van der Waals surface area contributed by atoms with E-state index in [0.29, 0.717) is 11.1 Å². The number of hydrogen-bond donors (Lipinski definition) is 0. The second-order valence-corrected chi connectivity index (χ2v) is 8.00. The predicted molar refractivity (Wildman–Crippen MR) is 116 cm³/mol. The zero-order chi connectivity index (χ0) is 21.5. The van der Waals surface area contributed by atoms with E-state index in [9.17, 15) is 14.4 Å². The molecule has 5 rings (SSSR count). The topological polar surface area (TPSA) is 70.6 Å². The summed E-state index contributed by atoms with van der Waals surface area (Å²) >= 11 is 0. The van der Waals surface area contributed by atoms with Gasteiger partial charge < -0.3 is 4.90 Å². The SMILES string of the molecule is C[C@H]1CCc2ccccc2N1C(=O)c1ccc2c(c1)C(=O)N(Cc1ccncc1)C2=O. The Labute approximate surface area is 180 Å². The van der Waals surface area contributed by atoms with Gasteiger partial charge in [-0.2, -0.15) is 0 Å². The lowest BCUT2D eigenvalue weighted by Gasteiger charge is -2.35. The molecule has 0 radical (unpaired) electrons. The van der Waals surface area contributed by atoms with Gasteiger partial charge in [0, 0.05) is 29.7 Å². The summed E-state index contributed by atoms with van der Waals surface area (Å²) in [6.07, 6.45) is 5.07. The molecule has 6 nitrogen and oxygen atoms in total. The first-order valence-electron chi connectivity index (χ1n) is 10.3. The summed E-state index contributed by atoms with van der Waals surface area (Å²) in [5.41, 5.74) is 3.90. The Morgan fingerprint density at radius 2 is 1.74 bits per heavy atom. The number of para-hydroxylation sites is 1. The largest absolute Gasteiger partial charge is 0.305 e. The van der Waals surface area contributed by atoms with Crippen LogP contribution in [0.3, 0.4) is 0 Å². The van der Waals surface area contributed by atoms with Crippen LogP contribution in [0, 0.1) is 0 Å². The van der Waals surface area contributed by atoms with Crippen molar-refractivity contribution in [3.8, 4) is 0 Å². The third-order valence-corrected chi connectivity index (χ3v) is 6.05. The number of carbonyl (C=O) groups is 3. The van der Waals surface area contributed by atoms with Gasteiger partial charge >= 0.3 is 0 Å². The van der Waals surface area contributed by atoms with Crippen molar-refractivity contribution in [1.82, 2.24) is 9.88 Å². The van der Waals surface area contributed by atoms with Crippen molar-refractivity contribution in [2.45, 2.75) is 32.4 Å². The van der Waals surface area contributed by atoms with Crippen molar-refractivity contribution in [3.63, 3.8) is 0 Å². The van der Waals surface area contributed by atoms with Crippen LogP contribution >= 0.6 is 0 Å². The van der Waals surface area contributed by atoms with Crippen LogP contribution in [0.2, 0.25) is 0 Å². The van der Waals surface area contributed by atoms with Crippen LogP contribution in [-0.4, -0.2) is 33.6 Å². The Kier molecular flexibility index (Phi) is 4.62. The second-order valence-electron chi connectivity index (χ2n) is 8.00. The van der Waals surface area contributed by atoms with Gasteiger partial charge in [0.15, 0.2) is 0 Å². The molecule has 0 aliphatic carbocycles. The molecule has 0 spiro atoms. The van der Waals surface area contributed by atoms with Crippen LogP contribution in [0.5, 0.6) is 0 Å². The van der Waals surface area contributed by atoms with Crippen molar-refractivity contribution >= 4 is 23.4 Å². The molecule has 0 N–H and O–H groups in total. The minimum absolute atomic E-state index is 0.0520. The molecule has 1 atom stereocenters. The van der Waals surface area contributed by atoms with E-state index in [-0.39, 0.29) is 35.9 Å². The number of pyridine rings is 1. The summed E-state index contributed by atoms with van der Waals surface area (Å²) in [6, 6.07) is 16.3. The summed E-state index contributed by atoms with van der Waals surface area (Å²) in [5, 5.41) is 0. The molecule has 0 bridgehead atoms. The van der Waals surface area contributed by atoms with E-state index in [0.717, 1.165) is 29.7 Å². The van der Waals surface area contributed by atoms with Crippen LogP contribution in [-0.2, 0) is 13.0 Å². The number of nitrogens with zero attached hydrogens (tertiary/aromatic N) is 3. The average Bonchev–Trinajstić information content (AvgIpc) is 3.03. The first kappa shape index (κ1) is 19.2. The lowest BCUT2D eigenvalue weighted by Crippen LogP contribution is -2.42. The molecule has 3 amide bonds. The Morgan fingerprint density at radius 1 is 1.00 bits per heavy atom. The number of anilines is 1. The number of aromatic nitrogens is 1. The molecule has 6 heteroatoms. The zero-order valence-corrected chi connectivity index (χ0v) is 17.1. The lowest BCUT2D eigenvalue weighted by atomic mass is 9.95. The smallest absolute Gasteiger partial charge is 0.261 e. The van der Waals surface area contributed by atoms with E-state index in [2.05, 4.69) is 4.98 Å². The van der Waals surface area contributed by atoms with E-state index in [1.165, 1.54) is 4.90 Å². The normalized spacial score (nSPS) is 17.5. The van der Waals surface area contributed by atoms with Crippen molar-refractivity contribution in [3.05, 3.63) is 94.8 Å². The van der Waals surface area contributed by atoms with Crippen LogP contribution < -0.4 is 4.90 Å². The van der Waals surface area contributed by atoms with Gasteiger partial charge in [0.1, 0.15) is 0 Å². The first-order valence-corrected chi connectivity index (χ1v) is 10.3. The molecule has 2 aliphatic heterocycles. The van der Waals surface area contributed by atoms with Gasteiger partial charge in [-0.3, -0.25) is 24.3 Å². The van der Waals surface area contributed by atoms with E-state index < -0.39 is 0 Å². The fourth-order valence-electron chi connectivity index (χ4n) is 4.37. The molecule has 0 saturated carbocycles. The summed E-state index contributed by atoms with van der Waals surface area (Å²) in [7, 11) is 0. The third kappa shape index (κ3) is 3.20. The highest BCUT2D eigenvalue weighted by Crippen LogP contribution is 2.33. The average molecular weight is 411 g/mol. The van der Waals surface area contributed by atoms with E-state index >= 15 is 0 Å². The standard InChI is InChI=1S/C25H21N3O3/c1-16-6-7-18-4-2-3-5-22(18)28(16)23(29)19-8-9-20-21(14-19)25(31)27(24(20)30)15-17-10-12-26-13-11-17/h2-5,8-14,16H,6-7,15H2,1H3/t16-/m0/s1. The summed E-state index contributed by atoms with van der Waals surface area (Å²) in [6.45, 7) is 2.21. The zero-order valence-electron chi connectivity index (χ0n) is 17.1. The molecule has 2 aliphatic rings. The maximum atomic E-state index is 13.4. The summed E-state index contributed by atoms with van der Waals surface area (Å²) < 4.78 is 0. The van der Waals surface area contributed by atoms with Crippen molar-refractivity contribution < 1.29 is 14.4 Å². The molecule has 0 fully saturated rings. The summed E-state index contributed by atoms with van der Waals surface area (Å²) in [5.74, 6) is -0.874. The highest BCUT2D eigenvalue weighted by atomic mass is 16.2. The Balaban J connectivity index is 1.46. The highest BCUT2D eigenvalue weighted by Gasteiger charge is 2.37. The minimum Gasteiger partial charge on any atom is -0.305 e. The number of imide groups is 1. The number of amides is 3. The first-order chi connectivity index (χ1) is 15.0. The fraction of sp³-hybridized carbons (Fsp3) is 0.200. The van der Waals surface area contributed by atoms with Crippen molar-refractivity contribution in [1.29, 1.82) is 0 Å². The predicted octanol–water partition coefficient (Wildman–Crippen LogP) is 3.86. The van der Waals surface area contributed by atoms with Gasteiger partial charge in [0.05, 0.1) is 17.7 Å². The molecular weight excluding hydrogens is 390 g/mol.